The summed E-state index contributed by atoms with van der Waals surface area (Å²) in [4.78, 5) is 87.2. The molecule has 0 saturated carbocycles. The number of phenols is 1. The molecule has 4 N–H and O–H groups in total. The van der Waals surface area contributed by atoms with Gasteiger partial charge in [-0.25, -0.2) is 14.4 Å². The Hall–Kier alpha value is -6.65. The molecule has 0 heterocycles. The van der Waals surface area contributed by atoms with Crippen molar-refractivity contribution in [2.24, 2.45) is 0 Å². The molecule has 0 bridgehead atoms. The second-order valence-corrected chi connectivity index (χ2v) is 9.37. The number of ether oxygens (including phenoxy) is 6. The summed E-state index contributed by atoms with van der Waals surface area (Å²) in [7, 11) is 2.41. The highest BCUT2D eigenvalue weighted by molar-refractivity contribution is 6.00. The number of hydrazine groups is 1. The van der Waals surface area contributed by atoms with Gasteiger partial charge in [0, 0.05) is 13.8 Å². The van der Waals surface area contributed by atoms with Gasteiger partial charge in [0.1, 0.15) is 5.75 Å². The van der Waals surface area contributed by atoms with Crippen LogP contribution in [0.15, 0.2) is 60.7 Å². The molecule has 3 aromatic carbocycles. The zero-order valence-electron chi connectivity index (χ0n) is 25.6. The van der Waals surface area contributed by atoms with Crippen molar-refractivity contribution in [1.29, 1.82) is 0 Å². The van der Waals surface area contributed by atoms with Crippen LogP contribution in [0, 0.1) is 0 Å². The van der Waals surface area contributed by atoms with Crippen molar-refractivity contribution in [2.75, 3.05) is 14.2 Å². The number of benzene rings is 3. The van der Waals surface area contributed by atoms with Crippen molar-refractivity contribution in [3.8, 4) is 28.7 Å². The first kappa shape index (κ1) is 35.8. The van der Waals surface area contributed by atoms with Crippen molar-refractivity contribution in [1.82, 2.24) is 10.9 Å². The maximum absolute atomic E-state index is 13.3. The van der Waals surface area contributed by atoms with Crippen LogP contribution in [0.5, 0.6) is 28.7 Å². The predicted molar refractivity (Wildman–Crippen MR) is 158 cm³/mol. The second kappa shape index (κ2) is 16.1. The van der Waals surface area contributed by atoms with Gasteiger partial charge in [-0.2, -0.15) is 0 Å². The largest absolute Gasteiger partial charge is 0.507 e. The Morgan fingerprint density at radius 1 is 0.646 bits per heavy atom. The van der Waals surface area contributed by atoms with Gasteiger partial charge in [-0.3, -0.25) is 30.0 Å². The molecule has 0 fully saturated rings. The number of carboxylic acid groups (broad SMARTS) is 1. The van der Waals surface area contributed by atoms with Crippen LogP contribution in [-0.4, -0.2) is 78.3 Å². The first-order valence-electron chi connectivity index (χ1n) is 13.5. The lowest BCUT2D eigenvalue weighted by Crippen LogP contribution is -2.54. The lowest BCUT2D eigenvalue weighted by atomic mass is 10.1. The van der Waals surface area contributed by atoms with Crippen LogP contribution < -0.4 is 29.8 Å². The molecule has 17 nitrogen and oxygen atoms in total. The van der Waals surface area contributed by atoms with Crippen LogP contribution in [0.3, 0.4) is 0 Å². The molecule has 0 saturated heterocycles. The van der Waals surface area contributed by atoms with Crippen LogP contribution in [-0.2, 0) is 28.7 Å². The molecule has 0 aliphatic rings. The fourth-order valence-electron chi connectivity index (χ4n) is 3.85. The van der Waals surface area contributed by atoms with E-state index in [1.54, 1.807) is 0 Å². The summed E-state index contributed by atoms with van der Waals surface area (Å²) in [6, 6.07) is 11.9. The molecule has 48 heavy (non-hydrogen) atoms. The lowest BCUT2D eigenvalue weighted by Gasteiger charge is -2.24. The average molecular weight is 669 g/mol. The number of hydrogen-bond acceptors (Lipinski definition) is 14. The minimum absolute atomic E-state index is 0.0714. The minimum Gasteiger partial charge on any atom is -0.507 e. The van der Waals surface area contributed by atoms with E-state index in [0.29, 0.717) is 0 Å². The van der Waals surface area contributed by atoms with E-state index in [0.717, 1.165) is 44.2 Å². The highest BCUT2D eigenvalue weighted by atomic mass is 16.6. The Labute approximate surface area is 271 Å². The third-order valence-corrected chi connectivity index (χ3v) is 6.00. The summed E-state index contributed by atoms with van der Waals surface area (Å²) in [6.07, 6.45) is -4.98. The first-order chi connectivity index (χ1) is 22.7. The monoisotopic (exact) mass is 668 g/mol. The minimum atomic E-state index is -2.52. The summed E-state index contributed by atoms with van der Waals surface area (Å²) in [5, 5.41) is 19.9. The third-order valence-electron chi connectivity index (χ3n) is 6.00. The second-order valence-electron chi connectivity index (χ2n) is 9.37. The van der Waals surface area contributed by atoms with Crippen LogP contribution in [0.2, 0.25) is 0 Å². The molecule has 0 unspecified atom stereocenters. The predicted octanol–water partition coefficient (Wildman–Crippen LogP) is 1.56. The smallest absolute Gasteiger partial charge is 0.349 e. The number of nitrogens with one attached hydrogen (secondary N) is 2. The molecule has 17 heteroatoms. The zero-order valence-corrected chi connectivity index (χ0v) is 25.6. The normalized spacial score (nSPS) is 11.5. The topological polar surface area (TPSA) is 239 Å². The number of phenolic OH excluding ortho intramolecular Hbond substituents is 1. The number of amides is 2. The van der Waals surface area contributed by atoms with E-state index >= 15 is 0 Å². The maximum Gasteiger partial charge on any atom is 0.349 e. The number of carbonyl (C=O) groups excluding carboxylic acids is 6. The maximum atomic E-state index is 13.3. The van der Waals surface area contributed by atoms with E-state index < -0.39 is 59.6 Å². The Morgan fingerprint density at radius 3 is 1.56 bits per heavy atom. The van der Waals surface area contributed by atoms with Crippen LogP contribution >= 0.6 is 0 Å². The van der Waals surface area contributed by atoms with Gasteiger partial charge in [-0.15, -0.1) is 0 Å². The third kappa shape index (κ3) is 9.19. The molecule has 3 aromatic rings. The van der Waals surface area contributed by atoms with E-state index in [4.69, 9.17) is 28.4 Å². The molecule has 0 aliphatic carbocycles. The number of aromatic hydroxyl groups is 1. The summed E-state index contributed by atoms with van der Waals surface area (Å²) in [5.41, 5.74) is 2.90. The summed E-state index contributed by atoms with van der Waals surface area (Å²) in [5.74, 6) is -9.34. The van der Waals surface area contributed by atoms with Crippen molar-refractivity contribution in [3.05, 3.63) is 77.4 Å². The molecule has 3 rings (SSSR count). The summed E-state index contributed by atoms with van der Waals surface area (Å²) in [6.45, 7) is 2.25. The first-order valence-corrected chi connectivity index (χ1v) is 13.5. The van der Waals surface area contributed by atoms with Gasteiger partial charge in [0.15, 0.2) is 23.0 Å². The summed E-state index contributed by atoms with van der Waals surface area (Å²) < 4.78 is 30.4. The Kier molecular flexibility index (Phi) is 12.0. The standard InChI is InChI=1S/C31H28N2O15/c1-15(34)45-21-11-9-17(13-23(21)43-3)30(41)47-25(28(38)33-32-27(37)19-7-5-6-8-20(19)36)26(29(39)40)48-31(42)18-10-12-22(46-16(2)35)24(14-18)44-4/h5-14,25-26,36H,1-4H3,(H,32,37)(H,33,38)(H,39,40)/t25-,26+/m1/s1. The van der Waals surface area contributed by atoms with Crippen molar-refractivity contribution < 1.29 is 72.2 Å². The Balaban J connectivity index is 1.95. The fourth-order valence-corrected chi connectivity index (χ4v) is 3.85. The van der Waals surface area contributed by atoms with E-state index in [1.165, 1.54) is 44.6 Å². The molecule has 0 aromatic heterocycles. The van der Waals surface area contributed by atoms with Gasteiger partial charge in [-0.05, 0) is 48.5 Å². The molecule has 0 spiro atoms. The van der Waals surface area contributed by atoms with E-state index in [-0.39, 0.29) is 39.7 Å². The number of aliphatic carboxylic acids is 1. The van der Waals surface area contributed by atoms with Crippen LogP contribution in [0.25, 0.3) is 0 Å². The van der Waals surface area contributed by atoms with Crippen LogP contribution in [0.1, 0.15) is 44.9 Å². The Bertz CT molecular complexity index is 1750. The van der Waals surface area contributed by atoms with Gasteiger partial charge in [0.05, 0.1) is 30.9 Å². The van der Waals surface area contributed by atoms with E-state index in [1.807, 2.05) is 10.9 Å². The zero-order chi connectivity index (χ0) is 35.5. The number of para-hydroxylation sites is 1. The fraction of sp³-hybridized carbons (Fsp3) is 0.194. The molecule has 2 atom stereocenters. The summed E-state index contributed by atoms with van der Waals surface area (Å²) >= 11 is 0. The number of hydrogen-bond donors (Lipinski definition) is 4. The highest BCUT2D eigenvalue weighted by Gasteiger charge is 2.41. The van der Waals surface area contributed by atoms with Crippen molar-refractivity contribution in [2.45, 2.75) is 26.1 Å². The van der Waals surface area contributed by atoms with Gasteiger partial charge in [0.2, 0.25) is 12.2 Å². The van der Waals surface area contributed by atoms with Gasteiger partial charge < -0.3 is 38.6 Å². The van der Waals surface area contributed by atoms with Gasteiger partial charge in [0.25, 0.3) is 11.8 Å². The molecular weight excluding hydrogens is 640 g/mol. The number of esters is 4. The van der Waals surface area contributed by atoms with Gasteiger partial charge >= 0.3 is 29.8 Å². The Morgan fingerprint density at radius 2 is 1.12 bits per heavy atom. The van der Waals surface area contributed by atoms with Crippen molar-refractivity contribution in [3.63, 3.8) is 0 Å². The molecule has 2 amide bonds. The average Bonchev–Trinajstić information content (AvgIpc) is 3.04. The number of carbonyl (C=O) groups is 7. The molecule has 252 valence electrons. The number of carboxylic acids is 1. The number of rotatable bonds is 12. The van der Waals surface area contributed by atoms with Gasteiger partial charge in [-0.1, -0.05) is 12.1 Å². The quantitative estimate of drug-likeness (QED) is 0.122. The molecule has 0 aliphatic heterocycles. The molecule has 0 radical (unpaired) electrons. The number of methoxy groups -OCH3 is 2. The highest BCUT2D eigenvalue weighted by Crippen LogP contribution is 2.30. The van der Waals surface area contributed by atoms with E-state index in [9.17, 15) is 43.8 Å². The SMILES string of the molecule is COc1cc(C(=O)O[C@H](C(=O)O)[C@@H](OC(=O)c2ccc(OC(C)=O)c(OC)c2)C(=O)NNC(=O)c2ccccc2O)ccc1OC(C)=O. The molecular formula is C31H28N2O15. The van der Waals surface area contributed by atoms with Crippen molar-refractivity contribution >= 4 is 41.7 Å². The van der Waals surface area contributed by atoms with Crippen LogP contribution in [0.4, 0.5) is 0 Å². The lowest BCUT2D eigenvalue weighted by molar-refractivity contribution is -0.159. The van der Waals surface area contributed by atoms with E-state index in [2.05, 4.69) is 0 Å².